The summed E-state index contributed by atoms with van der Waals surface area (Å²) < 4.78 is 0. The monoisotopic (exact) mass is 404 g/mol. The number of aromatic hydroxyl groups is 1. The topological polar surface area (TPSA) is 20.2 Å². The molecule has 2 heteroatoms. The van der Waals surface area contributed by atoms with Crippen LogP contribution in [-0.4, -0.2) is 10.9 Å². The second-order valence-corrected chi connectivity index (χ2v) is 10.0. The number of phenols is 1. The van der Waals surface area contributed by atoms with E-state index in [0.717, 1.165) is 11.3 Å². The third-order valence-corrected chi connectivity index (χ3v) is 7.46. The molecular weight excluding hydrogens is 360 g/mol. The molecule has 1 aliphatic carbocycles. The standard InChI is InChI=1S/C26H44OS/c1-3-4-5-6-7-8-9-10-11-15-18-28-21-23-19-22(2)26(27)25(20-23)24-16-13-12-14-17-24/h19-20,24,27H,3-18,21H2,1-2H3. The van der Waals surface area contributed by atoms with Gasteiger partial charge in [0, 0.05) is 5.75 Å². The van der Waals surface area contributed by atoms with E-state index in [4.69, 9.17) is 0 Å². The predicted molar refractivity (Wildman–Crippen MR) is 127 cm³/mol. The number of rotatable bonds is 14. The van der Waals surface area contributed by atoms with Crippen molar-refractivity contribution in [1.29, 1.82) is 0 Å². The Labute approximate surface area is 179 Å². The number of benzene rings is 1. The summed E-state index contributed by atoms with van der Waals surface area (Å²) in [5, 5.41) is 10.5. The van der Waals surface area contributed by atoms with E-state index in [2.05, 4.69) is 37.7 Å². The summed E-state index contributed by atoms with van der Waals surface area (Å²) in [6, 6.07) is 4.51. The number of unbranched alkanes of at least 4 members (excludes halogenated alkanes) is 9. The molecule has 1 N–H and O–H groups in total. The lowest BCUT2D eigenvalue weighted by molar-refractivity contribution is 0.412. The van der Waals surface area contributed by atoms with E-state index in [1.807, 2.05) is 0 Å². The molecule has 1 nitrogen and oxygen atoms in total. The van der Waals surface area contributed by atoms with Crippen molar-refractivity contribution in [2.75, 3.05) is 5.75 Å². The molecule has 0 bridgehead atoms. The van der Waals surface area contributed by atoms with Gasteiger partial charge < -0.3 is 5.11 Å². The first-order valence-corrected chi connectivity index (χ1v) is 13.3. The van der Waals surface area contributed by atoms with Gasteiger partial charge in [-0.1, -0.05) is 96.1 Å². The third-order valence-electron chi connectivity index (χ3n) is 6.35. The van der Waals surface area contributed by atoms with Gasteiger partial charge in [-0.05, 0) is 54.5 Å². The fourth-order valence-corrected chi connectivity index (χ4v) is 5.53. The van der Waals surface area contributed by atoms with Crippen LogP contribution in [0.1, 0.15) is 126 Å². The van der Waals surface area contributed by atoms with E-state index in [9.17, 15) is 5.11 Å². The van der Waals surface area contributed by atoms with E-state index in [0.29, 0.717) is 11.7 Å². The Morgan fingerprint density at radius 2 is 1.46 bits per heavy atom. The van der Waals surface area contributed by atoms with Crippen LogP contribution >= 0.6 is 11.8 Å². The fraction of sp³-hybridized carbons (Fsp3) is 0.769. The molecule has 0 aromatic heterocycles. The number of hydrogen-bond acceptors (Lipinski definition) is 2. The number of phenolic OH excluding ortho intramolecular Hbond substituents is 1. The van der Waals surface area contributed by atoms with Gasteiger partial charge in [-0.2, -0.15) is 11.8 Å². The molecule has 0 amide bonds. The minimum atomic E-state index is 0.565. The van der Waals surface area contributed by atoms with Crippen LogP contribution in [0.4, 0.5) is 0 Å². The molecule has 1 fully saturated rings. The lowest BCUT2D eigenvalue weighted by Gasteiger charge is -2.24. The molecule has 160 valence electrons. The van der Waals surface area contributed by atoms with Gasteiger partial charge in [0.2, 0.25) is 0 Å². The zero-order valence-electron chi connectivity index (χ0n) is 18.6. The van der Waals surface area contributed by atoms with Gasteiger partial charge in [-0.3, -0.25) is 0 Å². The molecule has 1 aromatic rings. The Hall–Kier alpha value is -0.630. The predicted octanol–water partition coefficient (Wildman–Crippen LogP) is 8.90. The average molecular weight is 405 g/mol. The molecule has 0 radical (unpaired) electrons. The second kappa shape index (κ2) is 14.4. The number of thioether (sulfide) groups is 1. The fourth-order valence-electron chi connectivity index (χ4n) is 4.57. The van der Waals surface area contributed by atoms with Crippen molar-refractivity contribution in [1.82, 2.24) is 0 Å². The van der Waals surface area contributed by atoms with Gasteiger partial charge in [-0.15, -0.1) is 0 Å². The lowest BCUT2D eigenvalue weighted by Crippen LogP contribution is -2.06. The van der Waals surface area contributed by atoms with E-state index >= 15 is 0 Å². The van der Waals surface area contributed by atoms with Crippen LogP contribution in [0.2, 0.25) is 0 Å². The van der Waals surface area contributed by atoms with E-state index in [1.54, 1.807) is 0 Å². The van der Waals surface area contributed by atoms with Crippen LogP contribution in [0, 0.1) is 6.92 Å². The summed E-state index contributed by atoms with van der Waals surface area (Å²) in [6.45, 7) is 4.36. The molecule has 0 aliphatic heterocycles. The Morgan fingerprint density at radius 1 is 0.857 bits per heavy atom. The zero-order chi connectivity index (χ0) is 20.0. The molecule has 0 heterocycles. The van der Waals surface area contributed by atoms with Crippen molar-refractivity contribution in [2.45, 2.75) is 122 Å². The lowest BCUT2D eigenvalue weighted by atomic mass is 9.82. The minimum Gasteiger partial charge on any atom is -0.507 e. The molecule has 2 rings (SSSR count). The van der Waals surface area contributed by atoms with Gasteiger partial charge in [0.1, 0.15) is 5.75 Å². The highest BCUT2D eigenvalue weighted by Crippen LogP contribution is 2.39. The summed E-state index contributed by atoms with van der Waals surface area (Å²) in [5.74, 6) is 3.52. The van der Waals surface area contributed by atoms with Crippen molar-refractivity contribution in [2.24, 2.45) is 0 Å². The van der Waals surface area contributed by atoms with Crippen LogP contribution in [0.3, 0.4) is 0 Å². The molecular formula is C26H44OS. The number of aryl methyl sites for hydroxylation is 1. The average Bonchev–Trinajstić information content (AvgIpc) is 2.72. The van der Waals surface area contributed by atoms with Crippen molar-refractivity contribution in [3.63, 3.8) is 0 Å². The van der Waals surface area contributed by atoms with Crippen molar-refractivity contribution in [3.05, 3.63) is 28.8 Å². The highest BCUT2D eigenvalue weighted by Gasteiger charge is 2.20. The Kier molecular flexibility index (Phi) is 12.1. The van der Waals surface area contributed by atoms with Crippen LogP contribution in [0.25, 0.3) is 0 Å². The van der Waals surface area contributed by atoms with Gasteiger partial charge in [0.05, 0.1) is 0 Å². The maximum absolute atomic E-state index is 10.5. The highest BCUT2D eigenvalue weighted by atomic mass is 32.2. The zero-order valence-corrected chi connectivity index (χ0v) is 19.4. The van der Waals surface area contributed by atoms with E-state index in [-0.39, 0.29) is 0 Å². The van der Waals surface area contributed by atoms with Crippen molar-refractivity contribution >= 4 is 11.8 Å². The Balaban J connectivity index is 1.59. The summed E-state index contributed by atoms with van der Waals surface area (Å²) in [5.41, 5.74) is 3.71. The first kappa shape index (κ1) is 23.6. The molecule has 0 saturated heterocycles. The quantitative estimate of drug-likeness (QED) is 0.312. The van der Waals surface area contributed by atoms with Crippen molar-refractivity contribution < 1.29 is 5.11 Å². The van der Waals surface area contributed by atoms with Gasteiger partial charge in [0.25, 0.3) is 0 Å². The smallest absolute Gasteiger partial charge is 0.121 e. The minimum absolute atomic E-state index is 0.565. The highest BCUT2D eigenvalue weighted by molar-refractivity contribution is 7.98. The van der Waals surface area contributed by atoms with Gasteiger partial charge in [0.15, 0.2) is 0 Å². The first-order valence-electron chi connectivity index (χ1n) is 12.1. The second-order valence-electron chi connectivity index (χ2n) is 8.92. The third kappa shape index (κ3) is 8.80. The van der Waals surface area contributed by atoms with E-state index in [1.165, 1.54) is 113 Å². The summed E-state index contributed by atoms with van der Waals surface area (Å²) in [7, 11) is 0. The van der Waals surface area contributed by atoms with Crippen LogP contribution in [0.5, 0.6) is 5.75 Å². The first-order chi connectivity index (χ1) is 13.7. The van der Waals surface area contributed by atoms with Gasteiger partial charge >= 0.3 is 0 Å². The van der Waals surface area contributed by atoms with Crippen LogP contribution < -0.4 is 0 Å². The number of hydrogen-bond donors (Lipinski definition) is 1. The summed E-state index contributed by atoms with van der Waals surface area (Å²) >= 11 is 2.07. The molecule has 1 saturated carbocycles. The molecule has 0 unspecified atom stereocenters. The Morgan fingerprint density at radius 3 is 2.11 bits per heavy atom. The molecule has 28 heavy (non-hydrogen) atoms. The molecule has 1 aliphatic rings. The molecule has 0 spiro atoms. The molecule has 1 aromatic carbocycles. The van der Waals surface area contributed by atoms with Crippen LogP contribution in [-0.2, 0) is 5.75 Å². The largest absolute Gasteiger partial charge is 0.507 e. The Bertz CT molecular complexity index is 533. The normalized spacial score (nSPS) is 15.2. The van der Waals surface area contributed by atoms with Gasteiger partial charge in [-0.25, -0.2) is 0 Å². The maximum Gasteiger partial charge on any atom is 0.121 e. The SMILES string of the molecule is CCCCCCCCCCCCSCc1cc(C)c(O)c(C2CCCCC2)c1. The summed E-state index contributed by atoms with van der Waals surface area (Å²) in [4.78, 5) is 0. The van der Waals surface area contributed by atoms with Crippen LogP contribution in [0.15, 0.2) is 12.1 Å². The van der Waals surface area contributed by atoms with E-state index < -0.39 is 0 Å². The summed E-state index contributed by atoms with van der Waals surface area (Å²) in [6.07, 6.45) is 20.6. The van der Waals surface area contributed by atoms with Crippen molar-refractivity contribution in [3.8, 4) is 5.75 Å². The molecule has 0 atom stereocenters. The maximum atomic E-state index is 10.5.